The Labute approximate surface area is 95.1 Å². The largest absolute Gasteiger partial charge is 0.481 e. The van der Waals surface area contributed by atoms with Gasteiger partial charge in [0.1, 0.15) is 0 Å². The molecule has 76 valence electrons. The molecule has 0 aliphatic heterocycles. The first-order valence-electron chi connectivity index (χ1n) is 4.66. The van der Waals surface area contributed by atoms with Gasteiger partial charge < -0.3 is 5.11 Å². The van der Waals surface area contributed by atoms with E-state index in [1.54, 1.807) is 11.3 Å². The van der Waals surface area contributed by atoms with Crippen LogP contribution in [0, 0.1) is 5.92 Å². The van der Waals surface area contributed by atoms with Crippen molar-refractivity contribution in [2.24, 2.45) is 5.92 Å². The fraction of sp³-hybridized carbons (Fsp3) is 0.500. The monoisotopic (exact) mass is 274 g/mol. The summed E-state index contributed by atoms with van der Waals surface area (Å²) in [6.45, 7) is 0. The summed E-state index contributed by atoms with van der Waals surface area (Å²) in [5.74, 6) is -0.598. The van der Waals surface area contributed by atoms with E-state index in [-0.39, 0.29) is 11.8 Å². The molecule has 14 heavy (non-hydrogen) atoms. The van der Waals surface area contributed by atoms with E-state index in [0.717, 1.165) is 23.7 Å². The highest BCUT2D eigenvalue weighted by Gasteiger charge is 2.35. The second-order valence-corrected chi connectivity index (χ2v) is 5.42. The molecule has 1 aromatic heterocycles. The van der Waals surface area contributed by atoms with Crippen LogP contribution in [0.25, 0.3) is 0 Å². The van der Waals surface area contributed by atoms with Gasteiger partial charge in [-0.05, 0) is 40.2 Å². The smallest absolute Gasteiger partial charge is 0.307 e. The first-order chi connectivity index (χ1) is 6.70. The second kappa shape index (κ2) is 4.03. The third-order valence-electron chi connectivity index (χ3n) is 2.81. The van der Waals surface area contributed by atoms with Crippen LogP contribution in [0.2, 0.25) is 0 Å². The van der Waals surface area contributed by atoms with Gasteiger partial charge in [-0.25, -0.2) is 0 Å². The molecule has 2 atom stereocenters. The Morgan fingerprint density at radius 1 is 1.57 bits per heavy atom. The summed E-state index contributed by atoms with van der Waals surface area (Å²) in [7, 11) is 0. The maximum Gasteiger partial charge on any atom is 0.307 e. The molecule has 0 spiro atoms. The summed E-state index contributed by atoms with van der Waals surface area (Å²) in [6, 6.07) is 2.00. The van der Waals surface area contributed by atoms with E-state index < -0.39 is 5.97 Å². The van der Waals surface area contributed by atoms with Gasteiger partial charge in [0, 0.05) is 15.3 Å². The number of thiophene rings is 1. The summed E-state index contributed by atoms with van der Waals surface area (Å²) >= 11 is 5.13. The standard InChI is InChI=1S/C10H11BrO2S/c11-8-4-5-14-9(8)6-2-1-3-7(6)10(12)13/h4-7H,1-3H2,(H,12,13). The number of carboxylic acids is 1. The zero-order valence-electron chi connectivity index (χ0n) is 7.57. The minimum absolute atomic E-state index is 0.176. The molecular formula is C10H11BrO2S. The van der Waals surface area contributed by atoms with Crippen LogP contribution >= 0.6 is 27.3 Å². The molecule has 0 saturated heterocycles. The zero-order chi connectivity index (χ0) is 10.1. The molecule has 0 amide bonds. The van der Waals surface area contributed by atoms with E-state index in [4.69, 9.17) is 5.11 Å². The quantitative estimate of drug-likeness (QED) is 0.897. The van der Waals surface area contributed by atoms with E-state index in [0.29, 0.717) is 0 Å². The van der Waals surface area contributed by atoms with Crippen molar-refractivity contribution in [2.75, 3.05) is 0 Å². The Balaban J connectivity index is 2.26. The van der Waals surface area contributed by atoms with Crippen LogP contribution in [-0.2, 0) is 4.79 Å². The number of carboxylic acid groups (broad SMARTS) is 1. The molecule has 2 unspecified atom stereocenters. The predicted molar refractivity (Wildman–Crippen MR) is 59.7 cm³/mol. The third-order valence-corrected chi connectivity index (χ3v) is 4.82. The fourth-order valence-corrected chi connectivity index (χ4v) is 4.01. The number of halogens is 1. The van der Waals surface area contributed by atoms with E-state index in [1.165, 1.54) is 4.88 Å². The van der Waals surface area contributed by atoms with Crippen LogP contribution in [0.3, 0.4) is 0 Å². The van der Waals surface area contributed by atoms with Gasteiger partial charge in [0.25, 0.3) is 0 Å². The van der Waals surface area contributed by atoms with Crippen molar-refractivity contribution in [2.45, 2.75) is 25.2 Å². The molecule has 1 aliphatic rings. The van der Waals surface area contributed by atoms with Crippen LogP contribution in [0.4, 0.5) is 0 Å². The average Bonchev–Trinajstić information content (AvgIpc) is 2.70. The summed E-state index contributed by atoms with van der Waals surface area (Å²) in [4.78, 5) is 12.2. The van der Waals surface area contributed by atoms with E-state index in [1.807, 2.05) is 11.4 Å². The van der Waals surface area contributed by atoms with Gasteiger partial charge >= 0.3 is 5.97 Å². The molecule has 1 saturated carbocycles. The first-order valence-corrected chi connectivity index (χ1v) is 6.33. The molecule has 1 aliphatic carbocycles. The molecule has 1 heterocycles. The van der Waals surface area contributed by atoms with Crippen LogP contribution in [0.1, 0.15) is 30.1 Å². The average molecular weight is 275 g/mol. The summed E-state index contributed by atoms with van der Waals surface area (Å²) in [5.41, 5.74) is 0. The van der Waals surface area contributed by atoms with Crippen LogP contribution < -0.4 is 0 Å². The van der Waals surface area contributed by atoms with Crippen LogP contribution in [0.15, 0.2) is 15.9 Å². The lowest BCUT2D eigenvalue weighted by atomic mass is 9.95. The number of hydrogen-bond donors (Lipinski definition) is 1. The van der Waals surface area contributed by atoms with Crippen LogP contribution in [-0.4, -0.2) is 11.1 Å². The topological polar surface area (TPSA) is 37.3 Å². The molecule has 4 heteroatoms. The zero-order valence-corrected chi connectivity index (χ0v) is 9.97. The Morgan fingerprint density at radius 2 is 2.36 bits per heavy atom. The lowest BCUT2D eigenvalue weighted by Gasteiger charge is -2.14. The molecule has 0 bridgehead atoms. The highest BCUT2D eigenvalue weighted by molar-refractivity contribution is 9.10. The first kappa shape index (κ1) is 10.2. The van der Waals surface area contributed by atoms with Crippen molar-refractivity contribution in [3.63, 3.8) is 0 Å². The molecule has 2 nitrogen and oxygen atoms in total. The summed E-state index contributed by atoms with van der Waals surface area (Å²) in [5, 5.41) is 11.1. The molecule has 1 aromatic rings. The highest BCUT2D eigenvalue weighted by atomic mass is 79.9. The normalized spacial score (nSPS) is 26.6. The number of rotatable bonds is 2. The summed E-state index contributed by atoms with van der Waals surface area (Å²) < 4.78 is 1.07. The van der Waals surface area contributed by atoms with Gasteiger partial charge in [0.05, 0.1) is 5.92 Å². The van der Waals surface area contributed by atoms with Gasteiger partial charge in [-0.3, -0.25) is 4.79 Å². The maximum atomic E-state index is 11.0. The van der Waals surface area contributed by atoms with Gasteiger partial charge in [-0.15, -0.1) is 11.3 Å². The Morgan fingerprint density at radius 3 is 2.93 bits per heavy atom. The molecule has 1 fully saturated rings. The Hall–Kier alpha value is -0.350. The molecular weight excluding hydrogens is 264 g/mol. The van der Waals surface area contributed by atoms with Gasteiger partial charge in [0.15, 0.2) is 0 Å². The molecule has 0 aromatic carbocycles. The number of aliphatic carboxylic acids is 1. The number of carbonyl (C=O) groups is 1. The number of hydrogen-bond acceptors (Lipinski definition) is 2. The molecule has 0 radical (unpaired) electrons. The van der Waals surface area contributed by atoms with Crippen molar-refractivity contribution >= 4 is 33.2 Å². The van der Waals surface area contributed by atoms with Crippen molar-refractivity contribution < 1.29 is 9.90 Å². The second-order valence-electron chi connectivity index (χ2n) is 3.61. The maximum absolute atomic E-state index is 11.0. The Kier molecular flexibility index (Phi) is 2.93. The van der Waals surface area contributed by atoms with Gasteiger partial charge in [0.2, 0.25) is 0 Å². The van der Waals surface area contributed by atoms with Gasteiger partial charge in [-0.2, -0.15) is 0 Å². The third kappa shape index (κ3) is 1.73. The lowest BCUT2D eigenvalue weighted by Crippen LogP contribution is -2.16. The molecule has 1 N–H and O–H groups in total. The van der Waals surface area contributed by atoms with E-state index in [2.05, 4.69) is 15.9 Å². The summed E-state index contributed by atoms with van der Waals surface area (Å²) in [6.07, 6.45) is 2.87. The van der Waals surface area contributed by atoms with Gasteiger partial charge in [-0.1, -0.05) is 6.42 Å². The van der Waals surface area contributed by atoms with E-state index in [9.17, 15) is 4.79 Å². The molecule has 2 rings (SSSR count). The van der Waals surface area contributed by atoms with Crippen molar-refractivity contribution in [1.29, 1.82) is 0 Å². The minimum Gasteiger partial charge on any atom is -0.481 e. The fourth-order valence-electron chi connectivity index (χ4n) is 2.14. The Bertz CT molecular complexity index is 348. The van der Waals surface area contributed by atoms with Crippen molar-refractivity contribution in [3.8, 4) is 0 Å². The van der Waals surface area contributed by atoms with Crippen molar-refractivity contribution in [3.05, 3.63) is 20.8 Å². The van der Waals surface area contributed by atoms with Crippen LogP contribution in [0.5, 0.6) is 0 Å². The van der Waals surface area contributed by atoms with Crippen molar-refractivity contribution in [1.82, 2.24) is 0 Å². The minimum atomic E-state index is -0.646. The highest BCUT2D eigenvalue weighted by Crippen LogP contribution is 2.44. The van der Waals surface area contributed by atoms with E-state index >= 15 is 0 Å². The SMILES string of the molecule is O=C(O)C1CCCC1c1sccc1Br. The predicted octanol–water partition coefficient (Wildman–Crippen LogP) is 3.48. The lowest BCUT2D eigenvalue weighted by molar-refractivity contribution is -0.141.